The number of rotatable bonds is 4. The third-order valence-corrected chi connectivity index (χ3v) is 3.26. The summed E-state index contributed by atoms with van der Waals surface area (Å²) in [6.45, 7) is -1.36. The van der Waals surface area contributed by atoms with Crippen molar-refractivity contribution in [3.63, 3.8) is 0 Å². The Labute approximate surface area is 120 Å². The van der Waals surface area contributed by atoms with Crippen molar-refractivity contribution in [2.75, 3.05) is 30.4 Å². The molecule has 116 valence electrons. The molecule has 0 radical (unpaired) electrons. The average molecular weight is 302 g/mol. The molecule has 2 N–H and O–H groups in total. The molecule has 0 atom stereocenters. The van der Waals surface area contributed by atoms with Gasteiger partial charge in [-0.15, -0.1) is 0 Å². The maximum absolute atomic E-state index is 12.1. The van der Waals surface area contributed by atoms with Crippen molar-refractivity contribution in [1.29, 1.82) is 0 Å². The Kier molecular flexibility index (Phi) is 4.72. The van der Waals surface area contributed by atoms with Gasteiger partial charge in [0.15, 0.2) is 0 Å². The molecule has 0 aromatic heterocycles. The first kappa shape index (κ1) is 15.6. The van der Waals surface area contributed by atoms with Gasteiger partial charge in [0.25, 0.3) is 0 Å². The lowest BCUT2D eigenvalue weighted by molar-refractivity contribution is -0.173. The van der Waals surface area contributed by atoms with Crippen LogP contribution in [-0.2, 0) is 16.0 Å². The van der Waals surface area contributed by atoms with E-state index < -0.39 is 12.8 Å². The van der Waals surface area contributed by atoms with Crippen LogP contribution in [0.15, 0.2) is 18.2 Å². The molecule has 1 heterocycles. The minimum absolute atomic E-state index is 0.103. The van der Waals surface area contributed by atoms with Crippen LogP contribution in [0, 0.1) is 0 Å². The van der Waals surface area contributed by atoms with E-state index in [1.807, 2.05) is 0 Å². The number of aryl methyl sites for hydroxylation is 1. The van der Waals surface area contributed by atoms with Gasteiger partial charge in [0.1, 0.15) is 6.61 Å². The number of anilines is 2. The lowest BCUT2D eigenvalue weighted by atomic mass is 10.1. The minimum Gasteiger partial charge on any atom is -0.399 e. The van der Waals surface area contributed by atoms with Gasteiger partial charge in [-0.2, -0.15) is 13.2 Å². The van der Waals surface area contributed by atoms with Crippen LogP contribution in [-0.4, -0.2) is 31.8 Å². The van der Waals surface area contributed by atoms with Crippen molar-refractivity contribution in [3.8, 4) is 0 Å². The number of alkyl halides is 3. The molecule has 1 amide bonds. The van der Waals surface area contributed by atoms with Crippen LogP contribution >= 0.6 is 0 Å². The molecule has 0 aliphatic carbocycles. The van der Waals surface area contributed by atoms with Crippen molar-refractivity contribution in [1.82, 2.24) is 0 Å². The molecule has 0 fully saturated rings. The van der Waals surface area contributed by atoms with Crippen LogP contribution in [0.5, 0.6) is 0 Å². The van der Waals surface area contributed by atoms with E-state index in [4.69, 9.17) is 5.73 Å². The average Bonchev–Trinajstić information content (AvgIpc) is 2.52. The van der Waals surface area contributed by atoms with E-state index in [-0.39, 0.29) is 19.1 Å². The summed E-state index contributed by atoms with van der Waals surface area (Å²) < 4.78 is 40.7. The highest BCUT2D eigenvalue weighted by Crippen LogP contribution is 2.28. The first-order chi connectivity index (χ1) is 9.87. The van der Waals surface area contributed by atoms with Crippen LogP contribution in [0.4, 0.5) is 24.5 Å². The number of benzene rings is 1. The molecule has 1 aliphatic rings. The standard InChI is InChI=1S/C14H17F3N2O2/c15-14(16,17)9-21-7-6-19-12-5-4-11(18)8-10(12)2-1-3-13(19)20/h4-5,8H,1-3,6-7,9,18H2. The number of hydrogen-bond donors (Lipinski definition) is 1. The van der Waals surface area contributed by atoms with Gasteiger partial charge in [0.2, 0.25) is 5.91 Å². The number of halogens is 3. The van der Waals surface area contributed by atoms with Gasteiger partial charge in [0.05, 0.1) is 6.61 Å². The number of carbonyl (C=O) groups excluding carboxylic acids is 1. The lowest BCUT2D eigenvalue weighted by Gasteiger charge is -2.23. The SMILES string of the molecule is Nc1ccc2c(c1)CCCC(=O)N2CCOCC(F)(F)F. The molecular formula is C14H17F3N2O2. The van der Waals surface area contributed by atoms with Crippen molar-refractivity contribution in [3.05, 3.63) is 23.8 Å². The molecule has 1 aromatic rings. The minimum atomic E-state index is -4.35. The summed E-state index contributed by atoms with van der Waals surface area (Å²) in [7, 11) is 0. The van der Waals surface area contributed by atoms with E-state index in [1.54, 1.807) is 18.2 Å². The fourth-order valence-corrected chi connectivity index (χ4v) is 2.36. The number of fused-ring (bicyclic) bond motifs is 1. The molecule has 1 aromatic carbocycles. The number of nitrogen functional groups attached to an aromatic ring is 1. The summed E-state index contributed by atoms with van der Waals surface area (Å²) in [6, 6.07) is 5.22. The molecule has 0 bridgehead atoms. The Morgan fingerprint density at radius 1 is 1.29 bits per heavy atom. The van der Waals surface area contributed by atoms with Crippen LogP contribution in [0.1, 0.15) is 18.4 Å². The largest absolute Gasteiger partial charge is 0.411 e. The molecule has 0 saturated carbocycles. The Bertz CT molecular complexity index is 517. The van der Waals surface area contributed by atoms with E-state index in [9.17, 15) is 18.0 Å². The summed E-state index contributed by atoms with van der Waals surface area (Å²) in [4.78, 5) is 13.6. The maximum atomic E-state index is 12.1. The molecule has 7 heteroatoms. The number of ether oxygens (including phenoxy) is 1. The fraction of sp³-hybridized carbons (Fsp3) is 0.500. The molecule has 4 nitrogen and oxygen atoms in total. The van der Waals surface area contributed by atoms with Gasteiger partial charge in [-0.25, -0.2) is 0 Å². The molecule has 0 unspecified atom stereocenters. The molecule has 2 rings (SSSR count). The second-order valence-corrected chi connectivity index (χ2v) is 4.95. The first-order valence-electron chi connectivity index (χ1n) is 6.70. The van der Waals surface area contributed by atoms with E-state index in [0.29, 0.717) is 24.2 Å². The third kappa shape index (κ3) is 4.35. The summed E-state index contributed by atoms with van der Waals surface area (Å²) in [5.74, 6) is -0.103. The summed E-state index contributed by atoms with van der Waals surface area (Å²) in [5.41, 5.74) is 7.99. The zero-order valence-electron chi connectivity index (χ0n) is 11.4. The summed E-state index contributed by atoms with van der Waals surface area (Å²) in [6.07, 6.45) is -2.55. The second kappa shape index (κ2) is 6.34. The van der Waals surface area contributed by atoms with Gasteiger partial charge in [0, 0.05) is 24.3 Å². The molecule has 21 heavy (non-hydrogen) atoms. The Hall–Kier alpha value is -1.76. The van der Waals surface area contributed by atoms with Gasteiger partial charge in [-0.1, -0.05) is 0 Å². The van der Waals surface area contributed by atoms with E-state index in [0.717, 1.165) is 12.0 Å². The quantitative estimate of drug-likeness (QED) is 0.687. The highest BCUT2D eigenvalue weighted by atomic mass is 19.4. The monoisotopic (exact) mass is 302 g/mol. The Morgan fingerprint density at radius 2 is 2.05 bits per heavy atom. The molecule has 1 aliphatic heterocycles. The topological polar surface area (TPSA) is 55.6 Å². The number of nitrogens with two attached hydrogens (primary N) is 1. The van der Waals surface area contributed by atoms with Crippen molar-refractivity contribution in [2.45, 2.75) is 25.4 Å². The Morgan fingerprint density at radius 3 is 2.76 bits per heavy atom. The second-order valence-electron chi connectivity index (χ2n) is 4.95. The van der Waals surface area contributed by atoms with Crippen LogP contribution < -0.4 is 10.6 Å². The number of carbonyl (C=O) groups is 1. The van der Waals surface area contributed by atoms with Gasteiger partial charge < -0.3 is 15.4 Å². The highest BCUT2D eigenvalue weighted by molar-refractivity contribution is 5.95. The predicted molar refractivity (Wildman–Crippen MR) is 73.0 cm³/mol. The lowest BCUT2D eigenvalue weighted by Crippen LogP contribution is -2.34. The molecular weight excluding hydrogens is 285 g/mol. The first-order valence-corrected chi connectivity index (χ1v) is 6.70. The van der Waals surface area contributed by atoms with E-state index in [2.05, 4.69) is 4.74 Å². The number of nitrogens with zero attached hydrogens (tertiary/aromatic N) is 1. The molecule has 0 saturated heterocycles. The Balaban J connectivity index is 2.05. The van der Waals surface area contributed by atoms with Crippen molar-refractivity contribution < 1.29 is 22.7 Å². The van der Waals surface area contributed by atoms with Gasteiger partial charge in [-0.05, 0) is 36.6 Å². The highest BCUT2D eigenvalue weighted by Gasteiger charge is 2.28. The zero-order chi connectivity index (χ0) is 15.5. The van der Waals surface area contributed by atoms with Crippen LogP contribution in [0.3, 0.4) is 0 Å². The smallest absolute Gasteiger partial charge is 0.399 e. The van der Waals surface area contributed by atoms with Gasteiger partial charge >= 0.3 is 6.18 Å². The predicted octanol–water partition coefficient (Wildman–Crippen LogP) is 2.52. The number of amides is 1. The summed E-state index contributed by atoms with van der Waals surface area (Å²) in [5, 5.41) is 0. The molecule has 0 spiro atoms. The van der Waals surface area contributed by atoms with Crippen molar-refractivity contribution in [2.24, 2.45) is 0 Å². The van der Waals surface area contributed by atoms with Crippen molar-refractivity contribution >= 4 is 17.3 Å². The maximum Gasteiger partial charge on any atom is 0.411 e. The normalized spacial score (nSPS) is 15.8. The fourth-order valence-electron chi connectivity index (χ4n) is 2.36. The zero-order valence-corrected chi connectivity index (χ0v) is 11.4. The van der Waals surface area contributed by atoms with E-state index >= 15 is 0 Å². The van der Waals surface area contributed by atoms with Crippen LogP contribution in [0.2, 0.25) is 0 Å². The van der Waals surface area contributed by atoms with Crippen LogP contribution in [0.25, 0.3) is 0 Å². The third-order valence-electron chi connectivity index (χ3n) is 3.26. The van der Waals surface area contributed by atoms with E-state index in [1.165, 1.54) is 4.90 Å². The van der Waals surface area contributed by atoms with Gasteiger partial charge in [-0.3, -0.25) is 4.79 Å². The number of hydrogen-bond acceptors (Lipinski definition) is 3. The summed E-state index contributed by atoms with van der Waals surface area (Å²) >= 11 is 0.